The van der Waals surface area contributed by atoms with E-state index in [-0.39, 0.29) is 0 Å². The summed E-state index contributed by atoms with van der Waals surface area (Å²) in [5.41, 5.74) is 0. The Labute approximate surface area is 93.0 Å². The first-order chi connectivity index (χ1) is 7.35. The van der Waals surface area contributed by atoms with Crippen LogP contribution in [0, 0.1) is 11.8 Å². The molecular weight excluding hydrogens is 188 g/mol. The van der Waals surface area contributed by atoms with Gasteiger partial charge in [0.25, 0.3) is 0 Å². The maximum Gasteiger partial charge on any atom is 0.0842 e. The second-order valence-corrected chi connectivity index (χ2v) is 5.20. The van der Waals surface area contributed by atoms with Crippen LogP contribution >= 0.6 is 0 Å². The summed E-state index contributed by atoms with van der Waals surface area (Å²) in [4.78, 5) is 0. The van der Waals surface area contributed by atoms with Crippen molar-refractivity contribution in [2.75, 3.05) is 6.61 Å². The first-order valence-corrected chi connectivity index (χ1v) is 6.61. The average Bonchev–Trinajstić information content (AvgIpc) is 3.09. The summed E-state index contributed by atoms with van der Waals surface area (Å²) >= 11 is 0. The Balaban J connectivity index is 1.47. The minimum absolute atomic E-state index is 0.375. The molecular formula is C13H24O2. The molecule has 2 fully saturated rings. The number of rotatable bonds is 8. The summed E-state index contributed by atoms with van der Waals surface area (Å²) in [6, 6.07) is 0. The van der Waals surface area contributed by atoms with E-state index < -0.39 is 0 Å². The average molecular weight is 212 g/mol. The molecule has 1 aliphatic carbocycles. The number of ether oxygens (including phenoxy) is 1. The van der Waals surface area contributed by atoms with Crippen molar-refractivity contribution in [3.63, 3.8) is 0 Å². The number of unbranched alkanes of at least 4 members (excludes halogenated alkanes) is 1. The van der Waals surface area contributed by atoms with Crippen LogP contribution in [0.4, 0.5) is 0 Å². The van der Waals surface area contributed by atoms with Crippen molar-refractivity contribution >= 4 is 0 Å². The van der Waals surface area contributed by atoms with Gasteiger partial charge in [0.1, 0.15) is 0 Å². The van der Waals surface area contributed by atoms with Gasteiger partial charge in [0, 0.05) is 6.61 Å². The normalized spacial score (nSPS) is 38.0. The Morgan fingerprint density at radius 1 is 1.07 bits per heavy atom. The number of aliphatic hydroxyl groups is 1. The molecule has 2 nitrogen and oxygen atoms in total. The van der Waals surface area contributed by atoms with Crippen molar-refractivity contribution < 1.29 is 9.84 Å². The molecule has 0 aromatic heterocycles. The lowest BCUT2D eigenvalue weighted by molar-refractivity contribution is 0.275. The van der Waals surface area contributed by atoms with Gasteiger partial charge < -0.3 is 9.84 Å². The van der Waals surface area contributed by atoms with Gasteiger partial charge in [-0.1, -0.05) is 19.8 Å². The molecule has 1 saturated carbocycles. The third-order valence-electron chi connectivity index (χ3n) is 3.92. The highest BCUT2D eigenvalue weighted by atomic mass is 16.6. The predicted octanol–water partition coefficient (Wildman–Crippen LogP) is 2.74. The number of hydrogen-bond acceptors (Lipinski definition) is 2. The zero-order valence-electron chi connectivity index (χ0n) is 9.82. The fourth-order valence-electron chi connectivity index (χ4n) is 2.65. The van der Waals surface area contributed by atoms with Crippen LogP contribution in [-0.4, -0.2) is 23.9 Å². The summed E-state index contributed by atoms with van der Waals surface area (Å²) in [5, 5.41) is 8.80. The molecule has 1 aliphatic heterocycles. The van der Waals surface area contributed by atoms with Crippen LogP contribution in [0.5, 0.6) is 0 Å². The van der Waals surface area contributed by atoms with E-state index in [1.54, 1.807) is 0 Å². The highest BCUT2D eigenvalue weighted by molar-refractivity contribution is 4.90. The molecule has 15 heavy (non-hydrogen) atoms. The lowest BCUT2D eigenvalue weighted by Gasteiger charge is -1.96. The maximum absolute atomic E-state index is 8.80. The third-order valence-corrected chi connectivity index (χ3v) is 3.92. The molecule has 2 aliphatic rings. The lowest BCUT2D eigenvalue weighted by atomic mass is 10.1. The van der Waals surface area contributed by atoms with E-state index in [9.17, 15) is 0 Å². The SMILES string of the molecule is CCCCC1OC1CCC1CC1CCO. The Bertz CT molecular complexity index is 193. The molecule has 1 saturated heterocycles. The Morgan fingerprint density at radius 2 is 1.80 bits per heavy atom. The second-order valence-electron chi connectivity index (χ2n) is 5.20. The number of hydrogen-bond donors (Lipinski definition) is 1. The molecule has 88 valence electrons. The Hall–Kier alpha value is -0.0800. The van der Waals surface area contributed by atoms with Crippen molar-refractivity contribution in [2.45, 2.75) is 64.1 Å². The van der Waals surface area contributed by atoms with E-state index in [1.165, 1.54) is 38.5 Å². The summed E-state index contributed by atoms with van der Waals surface area (Å²) in [5.74, 6) is 1.75. The molecule has 0 amide bonds. The molecule has 2 rings (SSSR count). The van der Waals surface area contributed by atoms with E-state index in [1.807, 2.05) is 0 Å². The highest BCUT2D eigenvalue weighted by Crippen LogP contribution is 2.46. The van der Waals surface area contributed by atoms with E-state index >= 15 is 0 Å². The smallest absolute Gasteiger partial charge is 0.0842 e. The van der Waals surface area contributed by atoms with Gasteiger partial charge in [-0.05, 0) is 43.9 Å². The number of epoxide rings is 1. The highest BCUT2D eigenvalue weighted by Gasteiger charge is 2.41. The summed E-state index contributed by atoms with van der Waals surface area (Å²) in [6.45, 7) is 2.61. The summed E-state index contributed by atoms with van der Waals surface area (Å²) in [7, 11) is 0. The quantitative estimate of drug-likeness (QED) is 0.627. The molecule has 0 aromatic rings. The van der Waals surface area contributed by atoms with Gasteiger partial charge in [-0.15, -0.1) is 0 Å². The zero-order chi connectivity index (χ0) is 10.7. The van der Waals surface area contributed by atoms with E-state index in [4.69, 9.17) is 9.84 Å². The van der Waals surface area contributed by atoms with Gasteiger partial charge in [-0.25, -0.2) is 0 Å². The Morgan fingerprint density at radius 3 is 2.53 bits per heavy atom. The van der Waals surface area contributed by atoms with Crippen LogP contribution in [0.3, 0.4) is 0 Å². The van der Waals surface area contributed by atoms with Crippen molar-refractivity contribution in [2.24, 2.45) is 11.8 Å². The lowest BCUT2D eigenvalue weighted by Crippen LogP contribution is -1.96. The minimum atomic E-state index is 0.375. The van der Waals surface area contributed by atoms with Gasteiger partial charge in [0.05, 0.1) is 12.2 Å². The topological polar surface area (TPSA) is 32.8 Å². The van der Waals surface area contributed by atoms with E-state index in [0.29, 0.717) is 18.8 Å². The molecule has 0 radical (unpaired) electrons. The van der Waals surface area contributed by atoms with Crippen LogP contribution in [0.25, 0.3) is 0 Å². The molecule has 0 aromatic carbocycles. The predicted molar refractivity (Wildman–Crippen MR) is 60.7 cm³/mol. The fraction of sp³-hybridized carbons (Fsp3) is 1.00. The van der Waals surface area contributed by atoms with Crippen LogP contribution in [0.2, 0.25) is 0 Å². The molecule has 2 heteroatoms. The molecule has 4 unspecified atom stereocenters. The summed E-state index contributed by atoms with van der Waals surface area (Å²) in [6.07, 6.45) is 10.0. The van der Waals surface area contributed by atoms with Crippen LogP contribution in [0.15, 0.2) is 0 Å². The van der Waals surface area contributed by atoms with Gasteiger partial charge in [0.2, 0.25) is 0 Å². The van der Waals surface area contributed by atoms with Gasteiger partial charge in [0.15, 0.2) is 0 Å². The van der Waals surface area contributed by atoms with Gasteiger partial charge in [-0.3, -0.25) is 0 Å². The molecule has 0 spiro atoms. The van der Waals surface area contributed by atoms with Crippen molar-refractivity contribution in [1.82, 2.24) is 0 Å². The van der Waals surface area contributed by atoms with Crippen molar-refractivity contribution in [3.05, 3.63) is 0 Å². The van der Waals surface area contributed by atoms with Crippen LogP contribution in [-0.2, 0) is 4.74 Å². The summed E-state index contributed by atoms with van der Waals surface area (Å²) < 4.78 is 5.64. The largest absolute Gasteiger partial charge is 0.396 e. The fourth-order valence-corrected chi connectivity index (χ4v) is 2.65. The molecule has 4 atom stereocenters. The van der Waals surface area contributed by atoms with Crippen molar-refractivity contribution in [3.8, 4) is 0 Å². The minimum Gasteiger partial charge on any atom is -0.396 e. The monoisotopic (exact) mass is 212 g/mol. The first-order valence-electron chi connectivity index (χ1n) is 6.61. The molecule has 1 heterocycles. The van der Waals surface area contributed by atoms with E-state index in [2.05, 4.69) is 6.92 Å². The van der Waals surface area contributed by atoms with Gasteiger partial charge >= 0.3 is 0 Å². The first kappa shape index (κ1) is 11.4. The van der Waals surface area contributed by atoms with E-state index in [0.717, 1.165) is 18.3 Å². The maximum atomic E-state index is 8.80. The molecule has 1 N–H and O–H groups in total. The van der Waals surface area contributed by atoms with Gasteiger partial charge in [-0.2, -0.15) is 0 Å². The third kappa shape index (κ3) is 3.46. The number of aliphatic hydroxyl groups excluding tert-OH is 1. The zero-order valence-corrected chi connectivity index (χ0v) is 9.82. The van der Waals surface area contributed by atoms with Crippen LogP contribution in [0.1, 0.15) is 51.9 Å². The standard InChI is InChI=1S/C13H24O2/c1-2-3-4-12-13(15-12)6-5-10-9-11(10)7-8-14/h10-14H,2-9H2,1H3. The Kier molecular flexibility index (Phi) is 4.04. The second kappa shape index (κ2) is 5.31. The van der Waals surface area contributed by atoms with Crippen LogP contribution < -0.4 is 0 Å². The molecule has 0 bridgehead atoms. The van der Waals surface area contributed by atoms with Crippen molar-refractivity contribution in [1.29, 1.82) is 0 Å².